The molecule has 0 saturated heterocycles. The van der Waals surface area contributed by atoms with E-state index in [2.05, 4.69) is 15.2 Å². The Labute approximate surface area is 159 Å². The average Bonchev–Trinajstić information content (AvgIpc) is 3.08. The maximum Gasteiger partial charge on any atom is 0.411 e. The van der Waals surface area contributed by atoms with Gasteiger partial charge in [0.15, 0.2) is 0 Å². The number of nitrogens with zero attached hydrogens (tertiary/aromatic N) is 2. The third-order valence-corrected chi connectivity index (χ3v) is 3.88. The topological polar surface area (TPSA) is 56.2 Å². The predicted molar refractivity (Wildman–Crippen MR) is 97.9 cm³/mol. The molecule has 3 rings (SSSR count). The smallest absolute Gasteiger partial charge is 0.367 e. The van der Waals surface area contributed by atoms with E-state index in [-0.39, 0.29) is 12.5 Å². The number of nitrogens with one attached hydrogen (secondary N) is 1. The van der Waals surface area contributed by atoms with Crippen LogP contribution in [0.2, 0.25) is 0 Å². The Kier molecular flexibility index (Phi) is 6.10. The van der Waals surface area contributed by atoms with Gasteiger partial charge in [0, 0.05) is 11.6 Å². The summed E-state index contributed by atoms with van der Waals surface area (Å²) in [5, 5.41) is 7.01. The van der Waals surface area contributed by atoms with Crippen LogP contribution in [-0.2, 0) is 17.9 Å². The molecule has 0 unspecified atom stereocenters. The highest BCUT2D eigenvalue weighted by Crippen LogP contribution is 2.16. The molecule has 1 heterocycles. The van der Waals surface area contributed by atoms with E-state index in [1.165, 1.54) is 0 Å². The molecule has 0 aliphatic rings. The normalized spacial score (nSPS) is 11.4. The van der Waals surface area contributed by atoms with E-state index in [0.29, 0.717) is 23.5 Å². The largest absolute Gasteiger partial charge is 0.411 e. The van der Waals surface area contributed by atoms with Gasteiger partial charge < -0.3 is 10.1 Å². The number of hydrogen-bond donors (Lipinski definition) is 1. The second-order valence-corrected chi connectivity index (χ2v) is 6.12. The Morgan fingerprint density at radius 2 is 1.71 bits per heavy atom. The van der Waals surface area contributed by atoms with Gasteiger partial charge in [-0.05, 0) is 23.3 Å². The van der Waals surface area contributed by atoms with Crippen molar-refractivity contribution in [1.29, 1.82) is 0 Å². The maximum atomic E-state index is 12.4. The third-order valence-electron chi connectivity index (χ3n) is 3.88. The van der Waals surface area contributed by atoms with Crippen LogP contribution in [0.15, 0.2) is 66.9 Å². The summed E-state index contributed by atoms with van der Waals surface area (Å²) < 4.78 is 42.6. The molecule has 146 valence electrons. The molecule has 0 radical (unpaired) electrons. The SMILES string of the molecule is O=C(Nc1ccnn1Cc1ccccc1)c1ccc(COCC(F)(F)F)cc1. The lowest BCUT2D eigenvalue weighted by atomic mass is 10.1. The minimum Gasteiger partial charge on any atom is -0.367 e. The van der Waals surface area contributed by atoms with Gasteiger partial charge in [0.2, 0.25) is 0 Å². The molecule has 28 heavy (non-hydrogen) atoms. The first-order valence-corrected chi connectivity index (χ1v) is 8.51. The van der Waals surface area contributed by atoms with Gasteiger partial charge in [-0.15, -0.1) is 0 Å². The summed E-state index contributed by atoms with van der Waals surface area (Å²) >= 11 is 0. The lowest BCUT2D eigenvalue weighted by Crippen LogP contribution is -2.17. The Morgan fingerprint density at radius 1 is 1.00 bits per heavy atom. The molecule has 1 N–H and O–H groups in total. The van der Waals surface area contributed by atoms with E-state index in [1.807, 2.05) is 30.3 Å². The molecule has 2 aromatic carbocycles. The fourth-order valence-electron chi connectivity index (χ4n) is 2.55. The van der Waals surface area contributed by atoms with Crippen LogP contribution in [0.4, 0.5) is 19.0 Å². The summed E-state index contributed by atoms with van der Waals surface area (Å²) in [5.41, 5.74) is 1.98. The van der Waals surface area contributed by atoms with Crippen LogP contribution in [0, 0.1) is 0 Å². The van der Waals surface area contributed by atoms with Crippen LogP contribution >= 0.6 is 0 Å². The summed E-state index contributed by atoms with van der Waals surface area (Å²) in [7, 11) is 0. The molecular formula is C20H18F3N3O2. The van der Waals surface area contributed by atoms with Crippen molar-refractivity contribution in [3.05, 3.63) is 83.6 Å². The zero-order chi connectivity index (χ0) is 20.0. The van der Waals surface area contributed by atoms with E-state index in [0.717, 1.165) is 5.56 Å². The second kappa shape index (κ2) is 8.71. The fourth-order valence-corrected chi connectivity index (χ4v) is 2.55. The van der Waals surface area contributed by atoms with Crippen molar-refractivity contribution < 1.29 is 22.7 Å². The number of carbonyl (C=O) groups is 1. The van der Waals surface area contributed by atoms with E-state index in [4.69, 9.17) is 0 Å². The molecule has 8 heteroatoms. The zero-order valence-corrected chi connectivity index (χ0v) is 14.8. The van der Waals surface area contributed by atoms with Crippen molar-refractivity contribution in [1.82, 2.24) is 9.78 Å². The van der Waals surface area contributed by atoms with Crippen LogP contribution in [0.1, 0.15) is 21.5 Å². The van der Waals surface area contributed by atoms with Crippen LogP contribution in [0.5, 0.6) is 0 Å². The number of rotatable bonds is 7. The Bertz CT molecular complexity index is 906. The molecule has 3 aromatic rings. The minimum atomic E-state index is -4.36. The number of halogens is 3. The molecule has 0 atom stereocenters. The van der Waals surface area contributed by atoms with Crippen LogP contribution < -0.4 is 5.32 Å². The highest BCUT2D eigenvalue weighted by molar-refractivity contribution is 6.03. The number of anilines is 1. The van der Waals surface area contributed by atoms with Gasteiger partial charge in [0.25, 0.3) is 5.91 Å². The molecule has 0 saturated carbocycles. The second-order valence-electron chi connectivity index (χ2n) is 6.12. The lowest BCUT2D eigenvalue weighted by Gasteiger charge is -2.10. The quantitative estimate of drug-likeness (QED) is 0.657. The number of alkyl halides is 3. The van der Waals surface area contributed by atoms with E-state index < -0.39 is 12.8 Å². The average molecular weight is 389 g/mol. The van der Waals surface area contributed by atoms with Gasteiger partial charge in [0.05, 0.1) is 19.3 Å². The number of carbonyl (C=O) groups excluding carboxylic acids is 1. The molecule has 5 nitrogen and oxygen atoms in total. The van der Waals surface area contributed by atoms with Gasteiger partial charge in [-0.1, -0.05) is 42.5 Å². The Balaban J connectivity index is 1.59. The maximum absolute atomic E-state index is 12.4. The molecule has 0 aliphatic carbocycles. The standard InChI is InChI=1S/C20H18F3N3O2/c21-20(22,23)14-28-13-16-6-8-17(9-7-16)19(27)25-18-10-11-24-26(18)12-15-4-2-1-3-5-15/h1-11H,12-14H2,(H,25,27). The molecule has 0 spiro atoms. The first-order chi connectivity index (χ1) is 13.4. The molecule has 1 aromatic heterocycles. The number of benzene rings is 2. The summed E-state index contributed by atoms with van der Waals surface area (Å²) in [6.45, 7) is -0.967. The Hall–Kier alpha value is -3.13. The number of aromatic nitrogens is 2. The summed E-state index contributed by atoms with van der Waals surface area (Å²) in [6.07, 6.45) is -2.76. The highest BCUT2D eigenvalue weighted by atomic mass is 19.4. The first-order valence-electron chi connectivity index (χ1n) is 8.51. The van der Waals surface area contributed by atoms with Crippen LogP contribution in [-0.4, -0.2) is 28.5 Å². The third kappa shape index (κ3) is 5.68. The van der Waals surface area contributed by atoms with Gasteiger partial charge in [-0.3, -0.25) is 4.79 Å². The molecule has 0 aliphatic heterocycles. The van der Waals surface area contributed by atoms with Gasteiger partial charge in [-0.2, -0.15) is 18.3 Å². The van der Waals surface area contributed by atoms with E-state index >= 15 is 0 Å². The number of ether oxygens (including phenoxy) is 1. The van der Waals surface area contributed by atoms with Crippen LogP contribution in [0.3, 0.4) is 0 Å². The summed E-state index contributed by atoms with van der Waals surface area (Å²) in [5.74, 6) is 0.212. The van der Waals surface area contributed by atoms with Crippen LogP contribution in [0.25, 0.3) is 0 Å². The van der Waals surface area contributed by atoms with Crippen molar-refractivity contribution in [2.24, 2.45) is 0 Å². The molecule has 1 amide bonds. The van der Waals surface area contributed by atoms with E-state index in [9.17, 15) is 18.0 Å². The molecule has 0 fully saturated rings. The monoisotopic (exact) mass is 389 g/mol. The number of amides is 1. The highest BCUT2D eigenvalue weighted by Gasteiger charge is 2.27. The zero-order valence-electron chi connectivity index (χ0n) is 14.8. The fraction of sp³-hybridized carbons (Fsp3) is 0.200. The lowest BCUT2D eigenvalue weighted by molar-refractivity contribution is -0.176. The molecular weight excluding hydrogens is 371 g/mol. The van der Waals surface area contributed by atoms with Gasteiger partial charge in [-0.25, -0.2) is 4.68 Å². The number of hydrogen-bond acceptors (Lipinski definition) is 3. The molecule has 0 bridgehead atoms. The van der Waals surface area contributed by atoms with Gasteiger partial charge >= 0.3 is 6.18 Å². The van der Waals surface area contributed by atoms with Crippen molar-refractivity contribution in [3.63, 3.8) is 0 Å². The Morgan fingerprint density at radius 3 is 2.39 bits per heavy atom. The van der Waals surface area contributed by atoms with Crippen molar-refractivity contribution in [2.75, 3.05) is 11.9 Å². The predicted octanol–water partition coefficient (Wildman–Crippen LogP) is 4.26. The van der Waals surface area contributed by atoms with E-state index in [1.54, 1.807) is 41.2 Å². The summed E-state index contributed by atoms with van der Waals surface area (Å²) in [4.78, 5) is 12.4. The van der Waals surface area contributed by atoms with Gasteiger partial charge in [0.1, 0.15) is 12.4 Å². The van der Waals surface area contributed by atoms with Crippen molar-refractivity contribution >= 4 is 11.7 Å². The first kappa shape index (κ1) is 19.6. The summed E-state index contributed by atoms with van der Waals surface area (Å²) in [6, 6.07) is 17.6. The minimum absolute atomic E-state index is 0.175. The van der Waals surface area contributed by atoms with Crippen molar-refractivity contribution in [2.45, 2.75) is 19.3 Å². The van der Waals surface area contributed by atoms with Crippen molar-refractivity contribution in [3.8, 4) is 0 Å².